The molecule has 9 heteroatoms. The Hall–Kier alpha value is -1.71. The van der Waals surface area contributed by atoms with Crippen LogP contribution >= 0.6 is 0 Å². The van der Waals surface area contributed by atoms with Gasteiger partial charge in [0, 0.05) is 19.3 Å². The molecule has 0 saturated heterocycles. The van der Waals surface area contributed by atoms with Crippen LogP contribution in [-0.4, -0.2) is 76.9 Å². The van der Waals surface area contributed by atoms with E-state index in [9.17, 15) is 14.4 Å². The topological polar surface area (TPSA) is 107 Å². The first kappa shape index (κ1) is 25.3. The van der Waals surface area contributed by atoms with Crippen LogP contribution in [0.4, 0.5) is 0 Å². The van der Waals surface area contributed by atoms with E-state index in [1.807, 2.05) is 0 Å². The molecule has 0 radical (unpaired) electrons. The molecule has 0 rings (SSSR count). The molecule has 0 aliphatic rings. The molecule has 0 aromatic carbocycles. The zero-order chi connectivity index (χ0) is 20.3. The number of carbonyl (C=O) groups excluding carboxylic acids is 3. The highest BCUT2D eigenvalue weighted by atomic mass is 16.6. The highest BCUT2D eigenvalue weighted by molar-refractivity contribution is 5.69. The molecule has 0 aliphatic carbocycles. The van der Waals surface area contributed by atoms with Crippen molar-refractivity contribution in [2.45, 2.75) is 46.1 Å². The van der Waals surface area contributed by atoms with Crippen molar-refractivity contribution in [3.05, 3.63) is 0 Å². The Morgan fingerprint density at radius 2 is 0.963 bits per heavy atom. The predicted molar refractivity (Wildman–Crippen MR) is 95.1 cm³/mol. The normalized spacial score (nSPS) is 10.7. The zero-order valence-electron chi connectivity index (χ0n) is 16.5. The molecule has 0 heterocycles. The van der Waals surface area contributed by atoms with Crippen LogP contribution in [0.5, 0.6) is 0 Å². The van der Waals surface area contributed by atoms with E-state index < -0.39 is 6.10 Å². The molecule has 0 unspecified atom stereocenters. The van der Waals surface area contributed by atoms with Gasteiger partial charge in [-0.05, 0) is 0 Å². The summed E-state index contributed by atoms with van der Waals surface area (Å²) in [6, 6.07) is 0. The minimum Gasteiger partial charge on any atom is -0.463 e. The van der Waals surface area contributed by atoms with E-state index in [0.717, 1.165) is 0 Å². The Bertz CT molecular complexity index is 386. The summed E-state index contributed by atoms with van der Waals surface area (Å²) in [7, 11) is 0. The van der Waals surface area contributed by atoms with E-state index in [1.54, 1.807) is 20.8 Å². The monoisotopic (exact) mass is 392 g/mol. The third-order valence-corrected chi connectivity index (χ3v) is 3.15. The quantitative estimate of drug-likeness (QED) is 0.205. The van der Waals surface area contributed by atoms with Gasteiger partial charge in [-0.2, -0.15) is 0 Å². The second-order valence-electron chi connectivity index (χ2n) is 5.36. The first-order chi connectivity index (χ1) is 13.0. The Kier molecular flexibility index (Phi) is 16.6. The summed E-state index contributed by atoms with van der Waals surface area (Å²) in [6.45, 7) is 6.76. The molecule has 9 nitrogen and oxygen atoms in total. The van der Waals surface area contributed by atoms with Gasteiger partial charge >= 0.3 is 17.9 Å². The van der Waals surface area contributed by atoms with Crippen molar-refractivity contribution in [3.8, 4) is 0 Å². The largest absolute Gasteiger partial charge is 0.463 e. The van der Waals surface area contributed by atoms with Crippen LogP contribution in [0.2, 0.25) is 0 Å². The molecule has 0 aromatic heterocycles. The van der Waals surface area contributed by atoms with Crippen molar-refractivity contribution in [1.82, 2.24) is 0 Å². The van der Waals surface area contributed by atoms with Gasteiger partial charge in [0.25, 0.3) is 0 Å². The number of ether oxygens (including phenoxy) is 6. The lowest BCUT2D eigenvalue weighted by Crippen LogP contribution is -2.29. The minimum absolute atomic E-state index is 0.144. The van der Waals surface area contributed by atoms with Crippen LogP contribution in [0.25, 0.3) is 0 Å². The predicted octanol–water partition coefficient (Wildman–Crippen LogP) is 1.26. The smallest absolute Gasteiger partial charge is 0.305 e. The van der Waals surface area contributed by atoms with Gasteiger partial charge in [-0.15, -0.1) is 0 Å². The average Bonchev–Trinajstić information content (AvgIpc) is 2.68. The Morgan fingerprint density at radius 3 is 1.33 bits per heavy atom. The van der Waals surface area contributed by atoms with Gasteiger partial charge in [-0.3, -0.25) is 14.4 Å². The van der Waals surface area contributed by atoms with E-state index >= 15 is 0 Å². The number of esters is 3. The number of carbonyl (C=O) groups is 3. The summed E-state index contributed by atoms with van der Waals surface area (Å²) >= 11 is 0. The highest BCUT2D eigenvalue weighted by Crippen LogP contribution is 1.98. The van der Waals surface area contributed by atoms with Crippen molar-refractivity contribution < 1.29 is 42.8 Å². The summed E-state index contributed by atoms with van der Waals surface area (Å²) in [5.41, 5.74) is 0. The van der Waals surface area contributed by atoms with Crippen molar-refractivity contribution in [2.24, 2.45) is 0 Å². The lowest BCUT2D eigenvalue weighted by atomic mass is 10.4. The number of hydrogen-bond acceptors (Lipinski definition) is 9. The first-order valence-electron chi connectivity index (χ1n) is 9.27. The molecule has 0 bridgehead atoms. The van der Waals surface area contributed by atoms with E-state index in [2.05, 4.69) is 0 Å². The lowest BCUT2D eigenvalue weighted by molar-refractivity contribution is -0.149. The second-order valence-corrected chi connectivity index (χ2v) is 5.36. The van der Waals surface area contributed by atoms with Crippen molar-refractivity contribution in [1.29, 1.82) is 0 Å². The molecule has 158 valence electrons. The second kappa shape index (κ2) is 17.7. The van der Waals surface area contributed by atoms with E-state index in [1.165, 1.54) is 0 Å². The molecule has 0 atom stereocenters. The molecule has 0 N–H and O–H groups in total. The lowest BCUT2D eigenvalue weighted by Gasteiger charge is -2.18. The molecule has 0 aromatic rings. The zero-order valence-corrected chi connectivity index (χ0v) is 16.5. The highest BCUT2D eigenvalue weighted by Gasteiger charge is 2.11. The molecule has 0 aliphatic heterocycles. The van der Waals surface area contributed by atoms with E-state index in [-0.39, 0.29) is 70.8 Å². The van der Waals surface area contributed by atoms with Gasteiger partial charge in [0.05, 0.1) is 33.0 Å². The number of rotatable bonds is 17. The fourth-order valence-corrected chi connectivity index (χ4v) is 1.68. The van der Waals surface area contributed by atoms with Crippen LogP contribution in [0.3, 0.4) is 0 Å². The van der Waals surface area contributed by atoms with Crippen LogP contribution in [0.15, 0.2) is 0 Å². The van der Waals surface area contributed by atoms with Crippen LogP contribution in [-0.2, 0) is 42.8 Å². The molecule has 0 saturated carbocycles. The fourth-order valence-electron chi connectivity index (χ4n) is 1.68. The molecule has 27 heavy (non-hydrogen) atoms. The average molecular weight is 392 g/mol. The van der Waals surface area contributed by atoms with Crippen LogP contribution in [0, 0.1) is 0 Å². The standard InChI is InChI=1S/C18H32O9/c1-4-16(19)25-9-7-22-13-15(24-11-12-27-18(21)6-3)14-23-8-10-26-17(20)5-2/h15H,4-14H2,1-3H3. The molecular formula is C18H32O9. The Balaban J connectivity index is 4.02. The summed E-state index contributed by atoms with van der Waals surface area (Å²) < 4.78 is 31.2. The SMILES string of the molecule is CCC(=O)OCCOCC(COCCOC(=O)CC)OCCOC(=O)CC. The maximum Gasteiger partial charge on any atom is 0.305 e. The molecular weight excluding hydrogens is 360 g/mol. The van der Waals surface area contributed by atoms with Gasteiger partial charge < -0.3 is 28.4 Å². The van der Waals surface area contributed by atoms with Gasteiger partial charge in [-0.1, -0.05) is 20.8 Å². The third-order valence-electron chi connectivity index (χ3n) is 3.15. The number of hydrogen-bond donors (Lipinski definition) is 0. The molecule has 0 spiro atoms. The van der Waals surface area contributed by atoms with Gasteiger partial charge in [0.2, 0.25) is 0 Å². The third kappa shape index (κ3) is 16.2. The van der Waals surface area contributed by atoms with Crippen LogP contribution in [0.1, 0.15) is 40.0 Å². The van der Waals surface area contributed by atoms with Gasteiger partial charge in [0.1, 0.15) is 25.9 Å². The van der Waals surface area contributed by atoms with Gasteiger partial charge in [0.15, 0.2) is 0 Å². The van der Waals surface area contributed by atoms with Gasteiger partial charge in [-0.25, -0.2) is 0 Å². The minimum atomic E-state index is -0.394. The van der Waals surface area contributed by atoms with Crippen molar-refractivity contribution in [2.75, 3.05) is 52.9 Å². The first-order valence-corrected chi connectivity index (χ1v) is 9.27. The summed E-state index contributed by atoms with van der Waals surface area (Å²) in [4.78, 5) is 33.2. The van der Waals surface area contributed by atoms with Crippen molar-refractivity contribution >= 4 is 17.9 Å². The van der Waals surface area contributed by atoms with E-state index in [0.29, 0.717) is 19.3 Å². The van der Waals surface area contributed by atoms with E-state index in [4.69, 9.17) is 28.4 Å². The molecule has 0 fully saturated rings. The maximum atomic E-state index is 11.1. The summed E-state index contributed by atoms with van der Waals surface area (Å²) in [5, 5.41) is 0. The maximum absolute atomic E-state index is 11.1. The fraction of sp³-hybridized carbons (Fsp3) is 0.833. The Labute approximate surface area is 160 Å². The summed E-state index contributed by atoms with van der Waals surface area (Å²) in [5.74, 6) is -0.860. The summed E-state index contributed by atoms with van der Waals surface area (Å²) in [6.07, 6.45) is 0.550. The molecule has 0 amide bonds. The Morgan fingerprint density at radius 1 is 0.593 bits per heavy atom. The van der Waals surface area contributed by atoms with Crippen molar-refractivity contribution in [3.63, 3.8) is 0 Å². The van der Waals surface area contributed by atoms with Crippen LogP contribution < -0.4 is 0 Å².